The van der Waals surface area contributed by atoms with E-state index < -0.39 is 0 Å². The maximum absolute atomic E-state index is 10.9. The Labute approximate surface area is 182 Å². The van der Waals surface area contributed by atoms with E-state index in [0.717, 1.165) is 46.9 Å². The Morgan fingerprint density at radius 2 is 2.13 bits per heavy atom. The van der Waals surface area contributed by atoms with Crippen LogP contribution in [0.4, 0.5) is 0 Å². The highest BCUT2D eigenvalue weighted by molar-refractivity contribution is 6.07. The monoisotopic (exact) mass is 419 g/mol. The number of nitrogens with two attached hydrogens (primary N) is 1. The van der Waals surface area contributed by atoms with Gasteiger partial charge in [0.1, 0.15) is 11.4 Å². The van der Waals surface area contributed by atoms with Gasteiger partial charge in [-0.3, -0.25) is 4.79 Å². The number of carbonyl (C=O) groups is 1. The van der Waals surface area contributed by atoms with E-state index in [-0.39, 0.29) is 0 Å². The molecule has 2 heterocycles. The van der Waals surface area contributed by atoms with Crippen molar-refractivity contribution < 1.29 is 9.53 Å². The zero-order valence-electron chi connectivity index (χ0n) is 18.0. The van der Waals surface area contributed by atoms with Crippen LogP contribution in [0.25, 0.3) is 16.6 Å². The Hall–Kier alpha value is -3.61. The van der Waals surface area contributed by atoms with Gasteiger partial charge in [-0.2, -0.15) is 0 Å². The Morgan fingerprint density at radius 1 is 1.32 bits per heavy atom. The Bertz CT molecular complexity index is 1070. The van der Waals surface area contributed by atoms with Crippen molar-refractivity contribution in [2.75, 3.05) is 13.7 Å². The number of hydrogen-bond donors (Lipinski definition) is 3. The predicted octanol–water partition coefficient (Wildman–Crippen LogP) is 3.88. The number of pyridine rings is 1. The van der Waals surface area contributed by atoms with E-state index in [0.29, 0.717) is 17.8 Å². The molecule has 0 bridgehead atoms. The fraction of sp³-hybridized carbons (Fsp3) is 0.292. The SMILES string of the molecule is COc1cccc(CN(C=O)CC2CC2)c1.Cc1cc2ccc(/C(C=N)=C/N)nc2[nH]1. The summed E-state index contributed by atoms with van der Waals surface area (Å²) in [5.41, 5.74) is 9.74. The summed E-state index contributed by atoms with van der Waals surface area (Å²) in [7, 11) is 1.65. The van der Waals surface area contributed by atoms with Crippen molar-refractivity contribution in [3.63, 3.8) is 0 Å². The van der Waals surface area contributed by atoms with Crippen molar-refractivity contribution in [3.8, 4) is 5.75 Å². The third-order valence-corrected chi connectivity index (χ3v) is 5.10. The minimum absolute atomic E-state index is 0.615. The maximum Gasteiger partial charge on any atom is 0.210 e. The molecule has 0 radical (unpaired) electrons. The van der Waals surface area contributed by atoms with Crippen LogP contribution in [0, 0.1) is 18.3 Å². The third kappa shape index (κ3) is 6.18. The Balaban J connectivity index is 0.000000176. The molecule has 0 unspecified atom stereocenters. The van der Waals surface area contributed by atoms with E-state index in [1.54, 1.807) is 7.11 Å². The largest absolute Gasteiger partial charge is 0.497 e. The van der Waals surface area contributed by atoms with Crippen molar-refractivity contribution in [1.82, 2.24) is 14.9 Å². The number of fused-ring (bicyclic) bond motifs is 1. The van der Waals surface area contributed by atoms with Crippen LogP contribution < -0.4 is 10.5 Å². The van der Waals surface area contributed by atoms with Crippen LogP contribution >= 0.6 is 0 Å². The molecule has 4 rings (SSSR count). The fourth-order valence-electron chi connectivity index (χ4n) is 3.29. The number of allylic oxidation sites excluding steroid dienone is 1. The van der Waals surface area contributed by atoms with Crippen LogP contribution in [0.15, 0.2) is 48.7 Å². The smallest absolute Gasteiger partial charge is 0.210 e. The van der Waals surface area contributed by atoms with Gasteiger partial charge in [-0.25, -0.2) is 4.98 Å². The first-order valence-electron chi connectivity index (χ1n) is 10.3. The molecule has 7 heteroatoms. The maximum atomic E-state index is 10.9. The number of amides is 1. The average Bonchev–Trinajstić information content (AvgIpc) is 3.52. The molecule has 0 atom stereocenters. The summed E-state index contributed by atoms with van der Waals surface area (Å²) < 4.78 is 5.16. The summed E-state index contributed by atoms with van der Waals surface area (Å²) in [6.07, 6.45) is 6.06. The minimum atomic E-state index is 0.615. The lowest BCUT2D eigenvalue weighted by molar-refractivity contribution is -0.118. The lowest BCUT2D eigenvalue weighted by atomic mass is 10.2. The van der Waals surface area contributed by atoms with Crippen LogP contribution in [-0.4, -0.2) is 41.1 Å². The molecule has 1 saturated carbocycles. The van der Waals surface area contributed by atoms with Gasteiger partial charge >= 0.3 is 0 Å². The van der Waals surface area contributed by atoms with Crippen LogP contribution in [0.3, 0.4) is 0 Å². The van der Waals surface area contributed by atoms with Gasteiger partial charge in [0.25, 0.3) is 0 Å². The number of carbonyl (C=O) groups excluding carboxylic acids is 1. The molecule has 3 aromatic rings. The standard InChI is InChI=1S/C13H17NO2.C11H12N4/c1-16-13-4-2-3-12(7-13)9-14(10-15)8-11-5-6-11;1-7-4-8-2-3-10(9(5-12)6-13)15-11(8)14-7/h2-4,7,10-11H,5-6,8-9H2,1H3;2-6,12H,13H2,1H3,(H,14,15)/b;9-6+,12-5?. The van der Waals surface area contributed by atoms with E-state index in [2.05, 4.69) is 9.97 Å². The number of H-pyrrole nitrogens is 1. The number of nitrogens with zero attached hydrogens (tertiary/aromatic N) is 2. The summed E-state index contributed by atoms with van der Waals surface area (Å²) >= 11 is 0. The van der Waals surface area contributed by atoms with E-state index >= 15 is 0 Å². The normalized spacial score (nSPS) is 13.3. The zero-order valence-corrected chi connectivity index (χ0v) is 18.0. The van der Waals surface area contributed by atoms with Gasteiger partial charge in [0.15, 0.2) is 0 Å². The molecule has 0 aliphatic heterocycles. The Kier molecular flexibility index (Phi) is 7.43. The minimum Gasteiger partial charge on any atom is -0.497 e. The Morgan fingerprint density at radius 3 is 2.77 bits per heavy atom. The number of benzene rings is 1. The number of aromatic amines is 1. The molecule has 31 heavy (non-hydrogen) atoms. The van der Waals surface area contributed by atoms with E-state index in [9.17, 15) is 4.79 Å². The number of methoxy groups -OCH3 is 1. The molecule has 4 N–H and O–H groups in total. The van der Waals surface area contributed by atoms with Crippen molar-refractivity contribution in [2.45, 2.75) is 26.3 Å². The van der Waals surface area contributed by atoms with Gasteiger partial charge in [0.05, 0.1) is 12.8 Å². The molecule has 1 aliphatic carbocycles. The first-order chi connectivity index (χ1) is 15.1. The molecule has 1 aromatic carbocycles. The van der Waals surface area contributed by atoms with Crippen LogP contribution in [0.1, 0.15) is 29.8 Å². The highest BCUT2D eigenvalue weighted by Gasteiger charge is 2.23. The van der Waals surface area contributed by atoms with Crippen LogP contribution in [0.5, 0.6) is 5.75 Å². The second kappa shape index (κ2) is 10.4. The topological polar surface area (TPSA) is 108 Å². The molecular formula is C24H29N5O2. The lowest BCUT2D eigenvalue weighted by Crippen LogP contribution is -2.23. The first-order valence-corrected chi connectivity index (χ1v) is 10.3. The molecule has 0 saturated heterocycles. The number of aryl methyl sites for hydroxylation is 1. The van der Waals surface area contributed by atoms with Gasteiger partial charge < -0.3 is 25.8 Å². The summed E-state index contributed by atoms with van der Waals surface area (Å²) in [5, 5.41) is 8.25. The molecule has 1 fully saturated rings. The average molecular weight is 420 g/mol. The second-order valence-corrected chi connectivity index (χ2v) is 7.68. The van der Waals surface area contributed by atoms with E-state index in [1.807, 2.05) is 54.3 Å². The second-order valence-electron chi connectivity index (χ2n) is 7.68. The number of rotatable bonds is 8. The van der Waals surface area contributed by atoms with Crippen molar-refractivity contribution >= 4 is 29.2 Å². The van der Waals surface area contributed by atoms with Crippen molar-refractivity contribution in [2.24, 2.45) is 11.7 Å². The first kappa shape index (κ1) is 22.1. The fourth-order valence-corrected chi connectivity index (χ4v) is 3.29. The van der Waals surface area contributed by atoms with Gasteiger partial charge in [0.2, 0.25) is 6.41 Å². The number of ether oxygens (including phenoxy) is 1. The van der Waals surface area contributed by atoms with Crippen LogP contribution in [0.2, 0.25) is 0 Å². The van der Waals surface area contributed by atoms with E-state index in [4.69, 9.17) is 15.9 Å². The molecule has 7 nitrogen and oxygen atoms in total. The molecular weight excluding hydrogens is 390 g/mol. The van der Waals surface area contributed by atoms with Gasteiger partial charge in [0, 0.05) is 42.2 Å². The summed E-state index contributed by atoms with van der Waals surface area (Å²) in [6, 6.07) is 13.7. The number of aromatic nitrogens is 2. The predicted molar refractivity (Wildman–Crippen MR) is 124 cm³/mol. The number of nitrogens with one attached hydrogen (secondary N) is 2. The molecule has 1 amide bonds. The third-order valence-electron chi connectivity index (χ3n) is 5.10. The quantitative estimate of drug-likeness (QED) is 0.380. The number of hydrogen-bond acceptors (Lipinski definition) is 5. The van der Waals surface area contributed by atoms with Gasteiger partial charge in [-0.05, 0) is 61.6 Å². The van der Waals surface area contributed by atoms with Gasteiger partial charge in [-0.15, -0.1) is 0 Å². The highest BCUT2D eigenvalue weighted by Crippen LogP contribution is 2.29. The zero-order chi connectivity index (χ0) is 22.2. The molecule has 162 valence electrons. The van der Waals surface area contributed by atoms with E-state index in [1.165, 1.54) is 25.3 Å². The van der Waals surface area contributed by atoms with Crippen molar-refractivity contribution in [3.05, 3.63) is 65.6 Å². The molecule has 0 spiro atoms. The molecule has 1 aliphatic rings. The summed E-state index contributed by atoms with van der Waals surface area (Å²) in [6.45, 7) is 3.55. The summed E-state index contributed by atoms with van der Waals surface area (Å²) in [5.74, 6) is 1.57. The van der Waals surface area contributed by atoms with Crippen LogP contribution in [-0.2, 0) is 11.3 Å². The summed E-state index contributed by atoms with van der Waals surface area (Å²) in [4.78, 5) is 20.3. The van der Waals surface area contributed by atoms with Crippen molar-refractivity contribution in [1.29, 1.82) is 5.41 Å². The highest BCUT2D eigenvalue weighted by atomic mass is 16.5. The lowest BCUT2D eigenvalue weighted by Gasteiger charge is -2.17. The van der Waals surface area contributed by atoms with Gasteiger partial charge in [-0.1, -0.05) is 12.1 Å². The molecule has 2 aromatic heterocycles.